The summed E-state index contributed by atoms with van der Waals surface area (Å²) in [4.78, 5) is 9.81. The first kappa shape index (κ1) is 15.8. The number of hydrogen-bond donors (Lipinski definition) is 3. The van der Waals surface area contributed by atoms with Crippen LogP contribution in [-0.2, 0) is 14.3 Å². The van der Waals surface area contributed by atoms with E-state index >= 15 is 0 Å². The number of carbonyl (C=O) groups is 1. The van der Waals surface area contributed by atoms with Crippen molar-refractivity contribution in [1.82, 2.24) is 0 Å². The number of hydrogen-bond acceptors (Lipinski definition) is 5. The maximum Gasteiger partial charge on any atom is 0.332 e. The second kappa shape index (κ2) is 12.3. The van der Waals surface area contributed by atoms with E-state index in [1.165, 1.54) is 14.0 Å². The number of carboxylic acids is 1. The molecule has 14 heavy (non-hydrogen) atoms. The lowest BCUT2D eigenvalue weighted by Crippen LogP contribution is -2.17. The van der Waals surface area contributed by atoms with Crippen LogP contribution in [0.15, 0.2) is 0 Å². The fourth-order valence-electron chi connectivity index (χ4n) is 0.332. The number of aliphatic carboxylic acids is 1. The van der Waals surface area contributed by atoms with E-state index in [9.17, 15) is 4.79 Å². The van der Waals surface area contributed by atoms with Crippen LogP contribution in [-0.4, -0.2) is 60.9 Å². The standard InChI is InChI=1S/C4H8O3.C4H10O3/c1-3(7-2)4(5)6;5-1-3-7-4-2-6/h3H,1-2H3,(H,5,6);5-6H,1-4H2. The molecule has 0 fully saturated rings. The summed E-state index contributed by atoms with van der Waals surface area (Å²) in [6, 6.07) is 0. The Labute approximate surface area is 83.1 Å². The van der Waals surface area contributed by atoms with Crippen molar-refractivity contribution in [2.75, 3.05) is 33.5 Å². The Bertz CT molecular complexity index is 123. The Morgan fingerprint density at radius 1 is 1.29 bits per heavy atom. The van der Waals surface area contributed by atoms with E-state index in [4.69, 9.17) is 15.3 Å². The highest BCUT2D eigenvalue weighted by molar-refractivity contribution is 5.71. The highest BCUT2D eigenvalue weighted by atomic mass is 16.5. The molecule has 86 valence electrons. The molecule has 6 heteroatoms. The first-order valence-electron chi connectivity index (χ1n) is 4.15. The zero-order chi connectivity index (χ0) is 11.4. The first-order valence-corrected chi connectivity index (χ1v) is 4.15. The topological polar surface area (TPSA) is 96.2 Å². The molecule has 0 heterocycles. The average molecular weight is 210 g/mol. The van der Waals surface area contributed by atoms with Crippen LogP contribution in [0.25, 0.3) is 0 Å². The lowest BCUT2D eigenvalue weighted by molar-refractivity contribution is -0.147. The number of aliphatic hydroxyl groups is 2. The number of rotatable bonds is 6. The fourth-order valence-corrected chi connectivity index (χ4v) is 0.332. The van der Waals surface area contributed by atoms with Crippen molar-refractivity contribution in [2.24, 2.45) is 0 Å². The van der Waals surface area contributed by atoms with E-state index in [0.717, 1.165) is 0 Å². The third-order valence-electron chi connectivity index (χ3n) is 1.17. The maximum absolute atomic E-state index is 9.81. The molecule has 1 unspecified atom stereocenters. The van der Waals surface area contributed by atoms with E-state index < -0.39 is 12.1 Å². The molecule has 3 N–H and O–H groups in total. The summed E-state index contributed by atoms with van der Waals surface area (Å²) in [6.07, 6.45) is -0.681. The minimum absolute atomic E-state index is 0.0278. The molecular formula is C8H18O6. The van der Waals surface area contributed by atoms with Crippen LogP contribution in [0.1, 0.15) is 6.92 Å². The molecule has 0 aromatic heterocycles. The summed E-state index contributed by atoms with van der Waals surface area (Å²) in [7, 11) is 1.36. The van der Waals surface area contributed by atoms with Gasteiger partial charge in [-0.25, -0.2) is 4.79 Å². The van der Waals surface area contributed by atoms with E-state index in [-0.39, 0.29) is 13.2 Å². The van der Waals surface area contributed by atoms with Crippen molar-refractivity contribution in [3.05, 3.63) is 0 Å². The summed E-state index contributed by atoms with van der Waals surface area (Å²) < 4.78 is 9.04. The molecule has 0 aromatic rings. The molecule has 0 aromatic carbocycles. The Balaban J connectivity index is 0. The third kappa shape index (κ3) is 13.9. The van der Waals surface area contributed by atoms with Gasteiger partial charge in [0.15, 0.2) is 6.10 Å². The van der Waals surface area contributed by atoms with Crippen LogP contribution < -0.4 is 0 Å². The molecule has 6 nitrogen and oxygen atoms in total. The zero-order valence-electron chi connectivity index (χ0n) is 8.47. The average Bonchev–Trinajstić information content (AvgIpc) is 2.18. The van der Waals surface area contributed by atoms with E-state index in [1.807, 2.05) is 0 Å². The molecule has 0 radical (unpaired) electrons. The minimum Gasteiger partial charge on any atom is -0.479 e. The molecule has 0 spiro atoms. The molecule has 0 saturated carbocycles. The second-order valence-electron chi connectivity index (χ2n) is 2.28. The van der Waals surface area contributed by atoms with Crippen molar-refractivity contribution >= 4 is 5.97 Å². The van der Waals surface area contributed by atoms with Crippen LogP contribution in [0.5, 0.6) is 0 Å². The molecule has 0 bridgehead atoms. The van der Waals surface area contributed by atoms with Crippen molar-refractivity contribution in [1.29, 1.82) is 0 Å². The molecular weight excluding hydrogens is 192 g/mol. The quantitative estimate of drug-likeness (QED) is 0.491. The molecule has 0 aliphatic heterocycles. The molecule has 0 aliphatic carbocycles. The minimum atomic E-state index is -0.928. The zero-order valence-corrected chi connectivity index (χ0v) is 8.47. The first-order chi connectivity index (χ1) is 6.59. The van der Waals surface area contributed by atoms with Gasteiger partial charge >= 0.3 is 5.97 Å². The van der Waals surface area contributed by atoms with Gasteiger partial charge < -0.3 is 24.8 Å². The van der Waals surface area contributed by atoms with Gasteiger partial charge in [0.2, 0.25) is 0 Å². The van der Waals surface area contributed by atoms with E-state index in [0.29, 0.717) is 13.2 Å². The third-order valence-corrected chi connectivity index (χ3v) is 1.17. The summed E-state index contributed by atoms with van der Waals surface area (Å²) in [5.74, 6) is -0.928. The van der Waals surface area contributed by atoms with Crippen LogP contribution in [0, 0.1) is 0 Å². The van der Waals surface area contributed by atoms with Crippen molar-refractivity contribution < 1.29 is 29.6 Å². The van der Waals surface area contributed by atoms with Gasteiger partial charge in [0.25, 0.3) is 0 Å². The molecule has 1 atom stereocenters. The van der Waals surface area contributed by atoms with Crippen LogP contribution >= 0.6 is 0 Å². The van der Waals surface area contributed by atoms with Gasteiger partial charge in [0.05, 0.1) is 26.4 Å². The van der Waals surface area contributed by atoms with Crippen LogP contribution in [0.4, 0.5) is 0 Å². The summed E-state index contributed by atoms with van der Waals surface area (Å²) in [5.41, 5.74) is 0. The monoisotopic (exact) mass is 210 g/mol. The predicted octanol–water partition coefficient (Wildman–Crippen LogP) is -0.906. The van der Waals surface area contributed by atoms with Crippen LogP contribution in [0.3, 0.4) is 0 Å². The summed E-state index contributed by atoms with van der Waals surface area (Å²) in [5, 5.41) is 24.2. The largest absolute Gasteiger partial charge is 0.479 e. The van der Waals surface area contributed by atoms with Crippen LogP contribution in [0.2, 0.25) is 0 Å². The highest BCUT2D eigenvalue weighted by Gasteiger charge is 2.06. The number of carboxylic acid groups (broad SMARTS) is 1. The number of aliphatic hydroxyl groups excluding tert-OH is 2. The van der Waals surface area contributed by atoms with Crippen molar-refractivity contribution in [2.45, 2.75) is 13.0 Å². The van der Waals surface area contributed by atoms with E-state index in [2.05, 4.69) is 9.47 Å². The normalized spacial score (nSPS) is 11.4. The Morgan fingerprint density at radius 3 is 1.86 bits per heavy atom. The second-order valence-corrected chi connectivity index (χ2v) is 2.28. The lowest BCUT2D eigenvalue weighted by atomic mass is 10.4. The maximum atomic E-state index is 9.81. The highest BCUT2D eigenvalue weighted by Crippen LogP contribution is 1.83. The molecule has 0 saturated heterocycles. The lowest BCUT2D eigenvalue weighted by Gasteiger charge is -1.98. The van der Waals surface area contributed by atoms with Crippen molar-refractivity contribution in [3.8, 4) is 0 Å². The van der Waals surface area contributed by atoms with Gasteiger partial charge in [-0.15, -0.1) is 0 Å². The number of ether oxygens (including phenoxy) is 2. The molecule has 0 aliphatic rings. The Hall–Kier alpha value is -0.690. The molecule has 0 amide bonds. The fraction of sp³-hybridized carbons (Fsp3) is 0.875. The molecule has 0 rings (SSSR count). The SMILES string of the molecule is COC(C)C(=O)O.OCCOCCO. The van der Waals surface area contributed by atoms with E-state index in [1.54, 1.807) is 0 Å². The number of methoxy groups -OCH3 is 1. The van der Waals surface area contributed by atoms with Gasteiger partial charge in [-0.1, -0.05) is 0 Å². The summed E-state index contributed by atoms with van der Waals surface area (Å²) in [6.45, 7) is 2.17. The van der Waals surface area contributed by atoms with Gasteiger partial charge in [0.1, 0.15) is 0 Å². The Morgan fingerprint density at radius 2 is 1.71 bits per heavy atom. The predicted molar refractivity (Wildman–Crippen MR) is 49.1 cm³/mol. The van der Waals surface area contributed by atoms with Gasteiger partial charge in [-0.2, -0.15) is 0 Å². The van der Waals surface area contributed by atoms with Gasteiger partial charge in [-0.3, -0.25) is 0 Å². The summed E-state index contributed by atoms with van der Waals surface area (Å²) >= 11 is 0. The van der Waals surface area contributed by atoms with Gasteiger partial charge in [0, 0.05) is 7.11 Å². The smallest absolute Gasteiger partial charge is 0.332 e. The van der Waals surface area contributed by atoms with Gasteiger partial charge in [-0.05, 0) is 6.92 Å². The Kier molecular flexibility index (Phi) is 13.9. The van der Waals surface area contributed by atoms with Crippen molar-refractivity contribution in [3.63, 3.8) is 0 Å².